The summed E-state index contributed by atoms with van der Waals surface area (Å²) in [6.45, 7) is 2.93. The van der Waals surface area contributed by atoms with Crippen LogP contribution in [-0.4, -0.2) is 11.5 Å². The van der Waals surface area contributed by atoms with Gasteiger partial charge in [0, 0.05) is 12.1 Å². The average Bonchev–Trinajstić information content (AvgIpc) is 2.72. The minimum absolute atomic E-state index is 0.00732. The number of unbranched alkanes of at least 4 members (excludes halogenated alkanes) is 5. The topological polar surface area (TPSA) is 76.2 Å². The van der Waals surface area contributed by atoms with Crippen molar-refractivity contribution in [2.45, 2.75) is 45.4 Å². The van der Waals surface area contributed by atoms with Crippen LogP contribution in [0.4, 0.5) is 5.69 Å². The highest BCUT2D eigenvalue weighted by Crippen LogP contribution is 2.22. The molecule has 0 unspecified atom stereocenters. The first-order valence-electron chi connectivity index (χ1n) is 9.73. The van der Waals surface area contributed by atoms with Crippen LogP contribution in [0.25, 0.3) is 11.6 Å². The van der Waals surface area contributed by atoms with Crippen LogP contribution < -0.4 is 4.74 Å². The SMILES string of the molecule is CCCCCCCCOc1ccc(/C=C(\C#N)c2ccc([N+](=O)[O-])cc2)cc1. The Bertz CT molecular complexity index is 818. The Hall–Kier alpha value is -3.13. The Kier molecular flexibility index (Phi) is 8.74. The van der Waals surface area contributed by atoms with Crippen LogP contribution in [0.1, 0.15) is 56.6 Å². The molecule has 28 heavy (non-hydrogen) atoms. The lowest BCUT2D eigenvalue weighted by Crippen LogP contribution is -1.97. The number of nitro benzene ring substituents is 1. The summed E-state index contributed by atoms with van der Waals surface area (Å²) in [5.41, 5.74) is 1.99. The number of rotatable bonds is 11. The minimum atomic E-state index is -0.455. The summed E-state index contributed by atoms with van der Waals surface area (Å²) < 4.78 is 5.77. The Morgan fingerprint density at radius 1 is 1.04 bits per heavy atom. The fourth-order valence-corrected chi connectivity index (χ4v) is 2.84. The molecule has 0 heterocycles. The number of hydrogen-bond donors (Lipinski definition) is 0. The molecule has 0 amide bonds. The van der Waals surface area contributed by atoms with Crippen LogP contribution in [0.3, 0.4) is 0 Å². The lowest BCUT2D eigenvalue weighted by molar-refractivity contribution is -0.384. The number of ether oxygens (including phenoxy) is 1. The quantitative estimate of drug-likeness (QED) is 0.149. The van der Waals surface area contributed by atoms with Crippen LogP contribution in [0.15, 0.2) is 48.5 Å². The zero-order valence-corrected chi connectivity index (χ0v) is 16.3. The number of nitrogens with zero attached hydrogens (tertiary/aromatic N) is 2. The minimum Gasteiger partial charge on any atom is -0.494 e. The Labute approximate surface area is 166 Å². The van der Waals surface area contributed by atoms with Crippen LogP contribution >= 0.6 is 0 Å². The van der Waals surface area contributed by atoms with Crippen molar-refractivity contribution in [3.05, 3.63) is 69.8 Å². The van der Waals surface area contributed by atoms with Gasteiger partial charge >= 0.3 is 0 Å². The van der Waals surface area contributed by atoms with Crippen molar-refractivity contribution >= 4 is 17.3 Å². The third-order valence-electron chi connectivity index (χ3n) is 4.47. The van der Waals surface area contributed by atoms with Crippen LogP contribution in [-0.2, 0) is 0 Å². The molecule has 146 valence electrons. The lowest BCUT2D eigenvalue weighted by atomic mass is 10.0. The zero-order chi connectivity index (χ0) is 20.2. The van der Waals surface area contributed by atoms with Crippen LogP contribution in [0, 0.1) is 21.4 Å². The molecule has 0 aliphatic carbocycles. The molecule has 0 aromatic heterocycles. The van der Waals surface area contributed by atoms with E-state index in [0.717, 1.165) is 17.7 Å². The second-order valence-electron chi connectivity index (χ2n) is 6.66. The zero-order valence-electron chi connectivity index (χ0n) is 16.3. The molecule has 2 aromatic carbocycles. The van der Waals surface area contributed by atoms with E-state index in [1.165, 1.54) is 44.2 Å². The number of allylic oxidation sites excluding steroid dienone is 1. The Balaban J connectivity index is 1.90. The number of nitriles is 1. The largest absolute Gasteiger partial charge is 0.494 e. The second-order valence-corrected chi connectivity index (χ2v) is 6.66. The van der Waals surface area contributed by atoms with E-state index < -0.39 is 4.92 Å². The average molecular weight is 378 g/mol. The van der Waals surface area contributed by atoms with E-state index in [4.69, 9.17) is 4.74 Å². The highest BCUT2D eigenvalue weighted by Gasteiger charge is 2.07. The van der Waals surface area contributed by atoms with E-state index in [0.29, 0.717) is 17.7 Å². The molecule has 5 heteroatoms. The normalized spacial score (nSPS) is 11.1. The van der Waals surface area contributed by atoms with Gasteiger partial charge in [0.05, 0.1) is 23.2 Å². The van der Waals surface area contributed by atoms with Crippen molar-refractivity contribution in [1.82, 2.24) is 0 Å². The smallest absolute Gasteiger partial charge is 0.269 e. The van der Waals surface area contributed by atoms with Crippen molar-refractivity contribution < 1.29 is 9.66 Å². The van der Waals surface area contributed by atoms with Gasteiger partial charge in [0.15, 0.2) is 0 Å². The predicted molar refractivity (Wildman–Crippen MR) is 112 cm³/mol. The molecule has 0 spiro atoms. The highest BCUT2D eigenvalue weighted by molar-refractivity contribution is 5.89. The molecular weight excluding hydrogens is 352 g/mol. The summed E-state index contributed by atoms with van der Waals surface area (Å²) in [6, 6.07) is 15.7. The predicted octanol–water partition coefficient (Wildman–Crippen LogP) is 6.40. The van der Waals surface area contributed by atoms with Crippen molar-refractivity contribution in [1.29, 1.82) is 5.26 Å². The Morgan fingerprint density at radius 2 is 1.68 bits per heavy atom. The Morgan fingerprint density at radius 3 is 2.29 bits per heavy atom. The maximum atomic E-state index is 10.7. The van der Waals surface area contributed by atoms with Crippen LogP contribution in [0.2, 0.25) is 0 Å². The molecule has 2 aromatic rings. The summed E-state index contributed by atoms with van der Waals surface area (Å²) in [7, 11) is 0. The maximum absolute atomic E-state index is 10.7. The van der Waals surface area contributed by atoms with Crippen molar-refractivity contribution in [3.63, 3.8) is 0 Å². The van der Waals surface area contributed by atoms with Gasteiger partial charge in [0.2, 0.25) is 0 Å². The second kappa shape index (κ2) is 11.6. The number of non-ortho nitro benzene ring substituents is 1. The van der Waals surface area contributed by atoms with Crippen molar-refractivity contribution in [2.24, 2.45) is 0 Å². The summed E-state index contributed by atoms with van der Waals surface area (Å²) in [6.07, 6.45) is 9.15. The first-order chi connectivity index (χ1) is 13.6. The monoisotopic (exact) mass is 378 g/mol. The van der Waals surface area contributed by atoms with Gasteiger partial charge in [-0.1, -0.05) is 51.2 Å². The van der Waals surface area contributed by atoms with Gasteiger partial charge < -0.3 is 4.74 Å². The van der Waals surface area contributed by atoms with Gasteiger partial charge in [0.25, 0.3) is 5.69 Å². The third-order valence-corrected chi connectivity index (χ3v) is 4.47. The molecule has 0 saturated carbocycles. The number of nitro groups is 1. The van der Waals surface area contributed by atoms with Gasteiger partial charge in [-0.25, -0.2) is 0 Å². The standard InChI is InChI=1S/C23H26N2O3/c1-2-3-4-5-6-7-16-28-23-14-8-19(9-15-23)17-21(18-24)20-10-12-22(13-11-20)25(26)27/h8-15,17H,2-7,16H2,1H3/b21-17+. The molecule has 0 atom stereocenters. The summed E-state index contributed by atoms with van der Waals surface area (Å²) in [5.74, 6) is 0.819. The molecule has 0 bridgehead atoms. The van der Waals surface area contributed by atoms with Crippen LogP contribution in [0.5, 0.6) is 5.75 Å². The molecule has 2 rings (SSSR count). The van der Waals surface area contributed by atoms with E-state index in [1.54, 1.807) is 18.2 Å². The molecule has 0 aliphatic heterocycles. The number of benzene rings is 2. The van der Waals surface area contributed by atoms with E-state index >= 15 is 0 Å². The van der Waals surface area contributed by atoms with E-state index in [2.05, 4.69) is 13.0 Å². The molecule has 0 N–H and O–H groups in total. The number of hydrogen-bond acceptors (Lipinski definition) is 4. The molecule has 5 nitrogen and oxygen atoms in total. The molecular formula is C23H26N2O3. The van der Waals surface area contributed by atoms with E-state index in [1.807, 2.05) is 24.3 Å². The summed E-state index contributed by atoms with van der Waals surface area (Å²) >= 11 is 0. The first kappa shape index (κ1) is 21.2. The molecule has 0 saturated heterocycles. The maximum Gasteiger partial charge on any atom is 0.269 e. The van der Waals surface area contributed by atoms with E-state index in [9.17, 15) is 15.4 Å². The molecule has 0 fully saturated rings. The van der Waals surface area contributed by atoms with Gasteiger partial charge in [-0.05, 0) is 47.9 Å². The summed E-state index contributed by atoms with van der Waals surface area (Å²) in [4.78, 5) is 10.3. The fraction of sp³-hybridized carbons (Fsp3) is 0.348. The lowest BCUT2D eigenvalue weighted by Gasteiger charge is -2.06. The van der Waals surface area contributed by atoms with Gasteiger partial charge in [-0.3, -0.25) is 10.1 Å². The van der Waals surface area contributed by atoms with E-state index in [-0.39, 0.29) is 5.69 Å². The third kappa shape index (κ3) is 6.88. The van der Waals surface area contributed by atoms with Gasteiger partial charge in [-0.15, -0.1) is 0 Å². The van der Waals surface area contributed by atoms with Crippen molar-refractivity contribution in [2.75, 3.05) is 6.61 Å². The first-order valence-corrected chi connectivity index (χ1v) is 9.73. The molecule has 0 aliphatic rings. The fourth-order valence-electron chi connectivity index (χ4n) is 2.84. The molecule has 0 radical (unpaired) electrons. The van der Waals surface area contributed by atoms with Gasteiger partial charge in [-0.2, -0.15) is 5.26 Å². The highest BCUT2D eigenvalue weighted by atomic mass is 16.6. The van der Waals surface area contributed by atoms with Gasteiger partial charge in [0.1, 0.15) is 5.75 Å². The summed E-state index contributed by atoms with van der Waals surface area (Å²) in [5, 5.41) is 20.2. The van der Waals surface area contributed by atoms with Crippen molar-refractivity contribution in [3.8, 4) is 11.8 Å².